The van der Waals surface area contributed by atoms with Crippen LogP contribution in [-0.2, 0) is 0 Å². The van der Waals surface area contributed by atoms with Crippen molar-refractivity contribution in [1.29, 1.82) is 5.41 Å². The summed E-state index contributed by atoms with van der Waals surface area (Å²) in [6, 6.07) is 17.5. The number of ether oxygens (including phenoxy) is 1. The number of esters is 1. The SMILES string of the molecule is Cc1ccc(C(=O)Oc2ccccc2)c(C(=N)c2ccco2)c1. The van der Waals surface area contributed by atoms with Gasteiger partial charge in [0.1, 0.15) is 11.5 Å². The van der Waals surface area contributed by atoms with E-state index in [9.17, 15) is 4.79 Å². The van der Waals surface area contributed by atoms with Gasteiger partial charge in [0.25, 0.3) is 0 Å². The van der Waals surface area contributed by atoms with E-state index in [-0.39, 0.29) is 5.71 Å². The molecule has 0 aliphatic carbocycles. The molecule has 0 fully saturated rings. The molecule has 1 aromatic heterocycles. The third-order valence-corrected chi connectivity index (χ3v) is 3.39. The fourth-order valence-corrected chi connectivity index (χ4v) is 2.25. The number of carbonyl (C=O) groups excluding carboxylic acids is 1. The zero-order valence-corrected chi connectivity index (χ0v) is 12.6. The first-order valence-corrected chi connectivity index (χ1v) is 7.16. The Kier molecular flexibility index (Phi) is 4.06. The highest BCUT2D eigenvalue weighted by atomic mass is 16.5. The predicted octanol–water partition coefficient (Wildman–Crippen LogP) is 4.22. The molecular formula is C19H15NO3. The smallest absolute Gasteiger partial charge is 0.344 e. The van der Waals surface area contributed by atoms with E-state index in [2.05, 4.69) is 0 Å². The van der Waals surface area contributed by atoms with Gasteiger partial charge in [0, 0.05) is 5.56 Å². The van der Waals surface area contributed by atoms with Crippen LogP contribution in [-0.4, -0.2) is 11.7 Å². The molecule has 2 aromatic carbocycles. The quantitative estimate of drug-likeness (QED) is 0.446. The Morgan fingerprint density at radius 2 is 1.78 bits per heavy atom. The van der Waals surface area contributed by atoms with E-state index in [1.807, 2.05) is 19.1 Å². The predicted molar refractivity (Wildman–Crippen MR) is 87.2 cm³/mol. The summed E-state index contributed by atoms with van der Waals surface area (Å²) in [5.41, 5.74) is 1.92. The largest absolute Gasteiger partial charge is 0.463 e. The normalized spacial score (nSPS) is 10.3. The number of aryl methyl sites for hydroxylation is 1. The first-order chi connectivity index (χ1) is 11.1. The average Bonchev–Trinajstić information content (AvgIpc) is 3.09. The summed E-state index contributed by atoms with van der Waals surface area (Å²) >= 11 is 0. The molecule has 1 N–H and O–H groups in total. The summed E-state index contributed by atoms with van der Waals surface area (Å²) in [5, 5.41) is 8.30. The third kappa shape index (κ3) is 3.21. The third-order valence-electron chi connectivity index (χ3n) is 3.39. The van der Waals surface area contributed by atoms with Crippen LogP contribution in [0, 0.1) is 12.3 Å². The molecule has 0 saturated carbocycles. The molecule has 0 bridgehead atoms. The van der Waals surface area contributed by atoms with Crippen LogP contribution >= 0.6 is 0 Å². The lowest BCUT2D eigenvalue weighted by molar-refractivity contribution is 0.0734. The number of nitrogens with one attached hydrogen (secondary N) is 1. The fraction of sp³-hybridized carbons (Fsp3) is 0.0526. The topological polar surface area (TPSA) is 63.3 Å². The molecule has 23 heavy (non-hydrogen) atoms. The highest BCUT2D eigenvalue weighted by molar-refractivity contribution is 6.14. The lowest BCUT2D eigenvalue weighted by Crippen LogP contribution is -2.15. The summed E-state index contributed by atoms with van der Waals surface area (Å²) in [7, 11) is 0. The van der Waals surface area contributed by atoms with Crippen molar-refractivity contribution in [3.8, 4) is 5.75 Å². The molecule has 0 aliphatic heterocycles. The molecule has 114 valence electrons. The Balaban J connectivity index is 1.96. The van der Waals surface area contributed by atoms with Gasteiger partial charge in [-0.3, -0.25) is 5.41 Å². The molecule has 0 saturated heterocycles. The second kappa shape index (κ2) is 6.32. The number of carbonyl (C=O) groups is 1. The molecule has 0 atom stereocenters. The van der Waals surface area contributed by atoms with Gasteiger partial charge in [-0.2, -0.15) is 0 Å². The first kappa shape index (κ1) is 14.8. The highest BCUT2D eigenvalue weighted by Crippen LogP contribution is 2.19. The van der Waals surface area contributed by atoms with Crippen LogP contribution in [0.4, 0.5) is 0 Å². The van der Waals surface area contributed by atoms with Crippen LogP contribution in [0.1, 0.15) is 27.2 Å². The molecule has 4 nitrogen and oxygen atoms in total. The zero-order valence-electron chi connectivity index (χ0n) is 12.6. The van der Waals surface area contributed by atoms with Crippen molar-refractivity contribution in [2.45, 2.75) is 6.92 Å². The van der Waals surface area contributed by atoms with Crippen LogP contribution in [0.2, 0.25) is 0 Å². The van der Waals surface area contributed by atoms with E-state index < -0.39 is 5.97 Å². The summed E-state index contributed by atoms with van der Waals surface area (Å²) in [4.78, 5) is 12.5. The minimum Gasteiger partial charge on any atom is -0.463 e. The van der Waals surface area contributed by atoms with E-state index >= 15 is 0 Å². The lowest BCUT2D eigenvalue weighted by atomic mass is 9.99. The van der Waals surface area contributed by atoms with Crippen molar-refractivity contribution in [1.82, 2.24) is 0 Å². The van der Waals surface area contributed by atoms with Gasteiger partial charge < -0.3 is 9.15 Å². The van der Waals surface area contributed by atoms with Crippen LogP contribution in [0.15, 0.2) is 71.3 Å². The maximum atomic E-state index is 12.5. The van der Waals surface area contributed by atoms with Gasteiger partial charge >= 0.3 is 5.97 Å². The zero-order chi connectivity index (χ0) is 16.2. The Morgan fingerprint density at radius 1 is 1.00 bits per heavy atom. The average molecular weight is 305 g/mol. The fourth-order valence-electron chi connectivity index (χ4n) is 2.25. The Morgan fingerprint density at radius 3 is 2.48 bits per heavy atom. The number of rotatable bonds is 4. The molecule has 0 amide bonds. The van der Waals surface area contributed by atoms with Gasteiger partial charge in [0.15, 0.2) is 5.76 Å². The van der Waals surface area contributed by atoms with Crippen LogP contribution in [0.25, 0.3) is 0 Å². The number of para-hydroxylation sites is 1. The Labute approximate surface area is 133 Å². The summed E-state index contributed by atoms with van der Waals surface area (Å²) in [5.74, 6) is 0.375. The number of hydrogen-bond donors (Lipinski definition) is 1. The van der Waals surface area contributed by atoms with Crippen molar-refractivity contribution in [2.75, 3.05) is 0 Å². The standard InChI is InChI=1S/C19H15NO3/c1-13-9-10-15(19(21)23-14-6-3-2-4-7-14)16(12-13)18(20)17-8-5-11-22-17/h2-12,20H,1H3. The molecule has 0 aliphatic rings. The van der Waals surface area contributed by atoms with Gasteiger partial charge in [0.05, 0.1) is 11.8 Å². The number of hydrogen-bond acceptors (Lipinski definition) is 4. The van der Waals surface area contributed by atoms with Crippen LogP contribution in [0.3, 0.4) is 0 Å². The summed E-state index contributed by atoms with van der Waals surface area (Å²) < 4.78 is 10.6. The van der Waals surface area contributed by atoms with E-state index in [1.54, 1.807) is 48.5 Å². The molecule has 4 heteroatoms. The molecule has 0 unspecified atom stereocenters. The highest BCUT2D eigenvalue weighted by Gasteiger charge is 2.19. The maximum absolute atomic E-state index is 12.5. The molecule has 3 aromatic rings. The van der Waals surface area contributed by atoms with E-state index in [1.165, 1.54) is 6.26 Å². The second-order valence-corrected chi connectivity index (χ2v) is 5.10. The molecular weight excluding hydrogens is 290 g/mol. The van der Waals surface area contributed by atoms with Gasteiger partial charge in [-0.15, -0.1) is 0 Å². The monoisotopic (exact) mass is 305 g/mol. The summed E-state index contributed by atoms with van der Waals surface area (Å²) in [6.45, 7) is 1.91. The van der Waals surface area contributed by atoms with Gasteiger partial charge in [-0.05, 0) is 43.3 Å². The van der Waals surface area contributed by atoms with Crippen molar-refractivity contribution in [3.05, 3.63) is 89.4 Å². The van der Waals surface area contributed by atoms with Gasteiger partial charge in [-0.1, -0.05) is 29.8 Å². The van der Waals surface area contributed by atoms with Crippen molar-refractivity contribution < 1.29 is 13.9 Å². The van der Waals surface area contributed by atoms with Gasteiger partial charge in [-0.25, -0.2) is 4.79 Å². The maximum Gasteiger partial charge on any atom is 0.344 e. The Bertz CT molecular complexity index is 836. The van der Waals surface area contributed by atoms with E-state index in [0.717, 1.165) is 5.56 Å². The number of furan rings is 1. The van der Waals surface area contributed by atoms with E-state index in [4.69, 9.17) is 14.6 Å². The molecule has 0 spiro atoms. The van der Waals surface area contributed by atoms with Crippen LogP contribution < -0.4 is 4.74 Å². The summed E-state index contributed by atoms with van der Waals surface area (Å²) in [6.07, 6.45) is 1.50. The van der Waals surface area contributed by atoms with Crippen LogP contribution in [0.5, 0.6) is 5.75 Å². The van der Waals surface area contributed by atoms with E-state index in [0.29, 0.717) is 22.6 Å². The van der Waals surface area contributed by atoms with Crippen molar-refractivity contribution in [2.24, 2.45) is 0 Å². The Hall–Kier alpha value is -3.14. The first-order valence-electron chi connectivity index (χ1n) is 7.16. The molecule has 0 radical (unpaired) electrons. The van der Waals surface area contributed by atoms with Gasteiger partial charge in [0.2, 0.25) is 0 Å². The lowest BCUT2D eigenvalue weighted by Gasteiger charge is -2.10. The van der Waals surface area contributed by atoms with Crippen molar-refractivity contribution >= 4 is 11.7 Å². The second-order valence-electron chi connectivity index (χ2n) is 5.10. The minimum atomic E-state index is -0.498. The molecule has 1 heterocycles. The molecule has 3 rings (SSSR count). The number of benzene rings is 2. The van der Waals surface area contributed by atoms with Crippen molar-refractivity contribution in [3.63, 3.8) is 0 Å². The minimum absolute atomic E-state index is 0.152.